The van der Waals surface area contributed by atoms with Gasteiger partial charge in [-0.05, 0) is 24.8 Å². The molecule has 1 aromatic rings. The Morgan fingerprint density at radius 1 is 1.65 bits per heavy atom. The van der Waals surface area contributed by atoms with Gasteiger partial charge in [0.15, 0.2) is 5.82 Å². The minimum atomic E-state index is 0.231. The summed E-state index contributed by atoms with van der Waals surface area (Å²) >= 11 is 0. The molecule has 0 bridgehead atoms. The fraction of sp³-hybridized carbons (Fsp3) is 0.500. The molecule has 2 heterocycles. The molecule has 0 aromatic carbocycles. The smallest absolute Gasteiger partial charge is 0.151 e. The van der Waals surface area contributed by atoms with Crippen LogP contribution in [0.1, 0.15) is 18.4 Å². The van der Waals surface area contributed by atoms with E-state index in [9.17, 15) is 0 Å². The van der Waals surface area contributed by atoms with Crippen LogP contribution in [0, 0.1) is 17.2 Å². The van der Waals surface area contributed by atoms with Crippen molar-refractivity contribution in [2.24, 2.45) is 5.92 Å². The van der Waals surface area contributed by atoms with Gasteiger partial charge in [-0.3, -0.25) is 0 Å². The Labute approximate surface area is 100 Å². The first-order chi connectivity index (χ1) is 8.24. The van der Waals surface area contributed by atoms with Crippen LogP contribution >= 0.6 is 0 Å². The number of aliphatic hydroxyl groups is 1. The average molecular weight is 232 g/mol. The Kier molecular flexibility index (Phi) is 3.45. The first-order valence-corrected chi connectivity index (χ1v) is 5.76. The third-order valence-corrected chi connectivity index (χ3v) is 3.15. The van der Waals surface area contributed by atoms with E-state index < -0.39 is 0 Å². The normalized spacial score (nSPS) is 19.3. The molecule has 90 valence electrons. The number of anilines is 2. The quantitative estimate of drug-likeness (QED) is 0.803. The van der Waals surface area contributed by atoms with E-state index >= 15 is 0 Å². The minimum absolute atomic E-state index is 0.231. The van der Waals surface area contributed by atoms with E-state index in [4.69, 9.17) is 16.1 Å². The molecular formula is C12H16N4O. The Morgan fingerprint density at radius 2 is 2.47 bits per heavy atom. The number of nitriles is 1. The number of hydrogen-bond acceptors (Lipinski definition) is 5. The summed E-state index contributed by atoms with van der Waals surface area (Å²) in [5, 5.41) is 17.7. The molecule has 0 aliphatic carbocycles. The number of pyridine rings is 1. The van der Waals surface area contributed by atoms with E-state index in [0.29, 0.717) is 17.2 Å². The summed E-state index contributed by atoms with van der Waals surface area (Å²) < 4.78 is 0. The van der Waals surface area contributed by atoms with Crippen molar-refractivity contribution in [1.29, 1.82) is 5.26 Å². The summed E-state index contributed by atoms with van der Waals surface area (Å²) in [5.41, 5.74) is 6.92. The highest BCUT2D eigenvalue weighted by Gasteiger charge is 2.24. The van der Waals surface area contributed by atoms with Crippen molar-refractivity contribution in [1.82, 2.24) is 4.98 Å². The maximum atomic E-state index is 8.91. The summed E-state index contributed by atoms with van der Waals surface area (Å²) in [5.74, 6) is 1.27. The molecule has 17 heavy (non-hydrogen) atoms. The molecule has 0 radical (unpaired) electrons. The van der Waals surface area contributed by atoms with Gasteiger partial charge in [-0.1, -0.05) is 0 Å². The number of hydrogen-bond donors (Lipinski definition) is 2. The summed E-state index contributed by atoms with van der Waals surface area (Å²) in [6.45, 7) is 2.02. The number of aromatic nitrogens is 1. The van der Waals surface area contributed by atoms with Crippen LogP contribution in [0.2, 0.25) is 0 Å². The van der Waals surface area contributed by atoms with Gasteiger partial charge in [0.25, 0.3) is 0 Å². The van der Waals surface area contributed by atoms with Gasteiger partial charge in [-0.15, -0.1) is 0 Å². The Hall–Kier alpha value is -1.80. The van der Waals surface area contributed by atoms with Crippen molar-refractivity contribution in [3.63, 3.8) is 0 Å². The molecule has 0 spiro atoms. The topological polar surface area (TPSA) is 86.2 Å². The van der Waals surface area contributed by atoms with Gasteiger partial charge >= 0.3 is 0 Å². The predicted octanol–water partition coefficient (Wildman–Crippen LogP) is 0.744. The standard InChI is InChI=1S/C12H16N4O/c13-6-10-5-11(14)12(15-7-10)16-3-1-9(8-16)2-4-17/h5,7,9,17H,1-4,8,14H2. The summed E-state index contributed by atoms with van der Waals surface area (Å²) in [7, 11) is 0. The number of aliphatic hydroxyl groups excluding tert-OH is 1. The molecule has 1 atom stereocenters. The highest BCUT2D eigenvalue weighted by Crippen LogP contribution is 2.28. The van der Waals surface area contributed by atoms with Gasteiger partial charge in [-0.2, -0.15) is 5.26 Å². The lowest BCUT2D eigenvalue weighted by Crippen LogP contribution is -2.22. The second-order valence-electron chi connectivity index (χ2n) is 4.36. The summed E-state index contributed by atoms with van der Waals surface area (Å²) in [6, 6.07) is 3.68. The van der Waals surface area contributed by atoms with Crippen LogP contribution < -0.4 is 10.6 Å². The van der Waals surface area contributed by atoms with Gasteiger partial charge in [0.2, 0.25) is 0 Å². The predicted molar refractivity (Wildman–Crippen MR) is 65.4 cm³/mol. The third kappa shape index (κ3) is 2.48. The molecule has 1 aliphatic heterocycles. The highest BCUT2D eigenvalue weighted by atomic mass is 16.3. The van der Waals surface area contributed by atoms with E-state index in [1.54, 1.807) is 12.3 Å². The maximum absolute atomic E-state index is 8.91. The van der Waals surface area contributed by atoms with Crippen LogP contribution in [0.25, 0.3) is 0 Å². The van der Waals surface area contributed by atoms with Crippen LogP contribution in [0.15, 0.2) is 12.3 Å². The Bertz CT molecular complexity index is 441. The molecule has 1 saturated heterocycles. The Balaban J connectivity index is 2.11. The average Bonchev–Trinajstić information content (AvgIpc) is 2.78. The van der Waals surface area contributed by atoms with E-state index in [2.05, 4.69) is 9.88 Å². The summed E-state index contributed by atoms with van der Waals surface area (Å²) in [6.07, 6.45) is 3.43. The van der Waals surface area contributed by atoms with Gasteiger partial charge in [-0.25, -0.2) is 4.98 Å². The van der Waals surface area contributed by atoms with Crippen LogP contribution in [-0.2, 0) is 0 Å². The van der Waals surface area contributed by atoms with Gasteiger partial charge < -0.3 is 15.7 Å². The molecule has 5 heteroatoms. The van der Waals surface area contributed by atoms with Gasteiger partial charge in [0, 0.05) is 25.9 Å². The number of nitrogens with two attached hydrogens (primary N) is 1. The lowest BCUT2D eigenvalue weighted by Gasteiger charge is -2.19. The first kappa shape index (κ1) is 11.7. The van der Waals surface area contributed by atoms with Crippen LogP contribution in [0.5, 0.6) is 0 Å². The fourth-order valence-electron chi connectivity index (χ4n) is 2.24. The zero-order valence-corrected chi connectivity index (χ0v) is 9.63. The molecule has 1 unspecified atom stereocenters. The highest BCUT2D eigenvalue weighted by molar-refractivity contribution is 5.64. The van der Waals surface area contributed by atoms with Crippen molar-refractivity contribution < 1.29 is 5.11 Å². The van der Waals surface area contributed by atoms with E-state index in [1.807, 2.05) is 6.07 Å². The molecule has 1 aliphatic rings. The molecule has 0 amide bonds. The number of nitrogen functional groups attached to an aromatic ring is 1. The molecule has 1 fully saturated rings. The van der Waals surface area contributed by atoms with Crippen molar-refractivity contribution in [3.05, 3.63) is 17.8 Å². The SMILES string of the molecule is N#Cc1cnc(N2CCC(CCO)C2)c(N)c1. The number of rotatable bonds is 3. The molecular weight excluding hydrogens is 216 g/mol. The van der Waals surface area contributed by atoms with Crippen molar-refractivity contribution >= 4 is 11.5 Å². The minimum Gasteiger partial charge on any atom is -0.396 e. The first-order valence-electron chi connectivity index (χ1n) is 5.76. The zero-order valence-electron chi connectivity index (χ0n) is 9.63. The van der Waals surface area contributed by atoms with E-state index in [0.717, 1.165) is 31.7 Å². The molecule has 2 rings (SSSR count). The second-order valence-corrected chi connectivity index (χ2v) is 4.36. The van der Waals surface area contributed by atoms with Crippen molar-refractivity contribution in [2.75, 3.05) is 30.3 Å². The van der Waals surface area contributed by atoms with Crippen LogP contribution in [-0.4, -0.2) is 29.8 Å². The number of nitrogens with zero attached hydrogens (tertiary/aromatic N) is 3. The monoisotopic (exact) mass is 232 g/mol. The van der Waals surface area contributed by atoms with Crippen molar-refractivity contribution in [3.8, 4) is 6.07 Å². The molecule has 5 nitrogen and oxygen atoms in total. The second kappa shape index (κ2) is 5.02. The zero-order chi connectivity index (χ0) is 12.3. The van der Waals surface area contributed by atoms with Gasteiger partial charge in [0.05, 0.1) is 11.3 Å². The van der Waals surface area contributed by atoms with Crippen molar-refractivity contribution in [2.45, 2.75) is 12.8 Å². The van der Waals surface area contributed by atoms with E-state index in [1.165, 1.54) is 0 Å². The molecule has 3 N–H and O–H groups in total. The fourth-order valence-corrected chi connectivity index (χ4v) is 2.24. The largest absolute Gasteiger partial charge is 0.396 e. The van der Waals surface area contributed by atoms with Gasteiger partial charge in [0.1, 0.15) is 6.07 Å². The maximum Gasteiger partial charge on any atom is 0.151 e. The lowest BCUT2D eigenvalue weighted by atomic mass is 10.1. The third-order valence-electron chi connectivity index (χ3n) is 3.15. The summed E-state index contributed by atoms with van der Waals surface area (Å²) in [4.78, 5) is 6.36. The lowest BCUT2D eigenvalue weighted by molar-refractivity contribution is 0.263. The molecule has 0 saturated carbocycles. The van der Waals surface area contributed by atoms with Crippen LogP contribution in [0.3, 0.4) is 0 Å². The van der Waals surface area contributed by atoms with Crippen LogP contribution in [0.4, 0.5) is 11.5 Å². The van der Waals surface area contributed by atoms with E-state index in [-0.39, 0.29) is 6.61 Å². The Morgan fingerprint density at radius 3 is 3.12 bits per heavy atom. The molecule has 1 aromatic heterocycles.